The van der Waals surface area contributed by atoms with Crippen LogP contribution in [0.15, 0.2) is 24.8 Å². The third kappa shape index (κ3) is 8.41. The average Bonchev–Trinajstić information content (AvgIpc) is 3.26. The van der Waals surface area contributed by atoms with Crippen molar-refractivity contribution in [2.24, 2.45) is 0 Å². The second-order valence-corrected chi connectivity index (χ2v) is 9.93. The maximum absolute atomic E-state index is 12.1. The third-order valence-corrected chi connectivity index (χ3v) is 6.47. The van der Waals surface area contributed by atoms with Crippen LogP contribution in [0, 0.1) is 6.92 Å². The van der Waals surface area contributed by atoms with Gasteiger partial charge in [0.2, 0.25) is 0 Å². The first-order chi connectivity index (χ1) is 17.6. The molecule has 0 bridgehead atoms. The molecule has 7 nitrogen and oxygen atoms in total. The number of allylic oxidation sites excluding steroid dienone is 1. The maximum Gasteiger partial charge on any atom is 0.410 e. The van der Waals surface area contributed by atoms with Crippen LogP contribution >= 0.6 is 0 Å². The lowest BCUT2D eigenvalue weighted by molar-refractivity contribution is 0.0651. The SMILES string of the molecule is C=Cc1c(/C=C(\C)c2ccc(C(C)=O)cc2C)nnn1C1CCN(C(=O)OC(C)C)CC1.CCCCC. The molecule has 0 spiro atoms. The minimum Gasteiger partial charge on any atom is -0.447 e. The first-order valence-electron chi connectivity index (χ1n) is 13.5. The van der Waals surface area contributed by atoms with Gasteiger partial charge in [-0.15, -0.1) is 5.10 Å². The number of rotatable bonds is 8. The van der Waals surface area contributed by atoms with Crippen molar-refractivity contribution in [1.29, 1.82) is 0 Å². The van der Waals surface area contributed by atoms with Crippen LogP contribution in [0.5, 0.6) is 0 Å². The number of likely N-dealkylation sites (tertiary alicyclic amines) is 1. The largest absolute Gasteiger partial charge is 0.447 e. The number of carbonyl (C=O) groups is 2. The number of aromatic nitrogens is 3. The molecule has 1 aliphatic heterocycles. The van der Waals surface area contributed by atoms with Gasteiger partial charge in [-0.1, -0.05) is 57.0 Å². The first-order valence-corrected chi connectivity index (χ1v) is 13.5. The molecule has 7 heteroatoms. The van der Waals surface area contributed by atoms with E-state index in [1.807, 2.05) is 56.7 Å². The predicted octanol–water partition coefficient (Wildman–Crippen LogP) is 7.37. The van der Waals surface area contributed by atoms with Crippen LogP contribution < -0.4 is 0 Å². The minimum absolute atomic E-state index is 0.0571. The van der Waals surface area contributed by atoms with Gasteiger partial charge in [-0.3, -0.25) is 4.79 Å². The van der Waals surface area contributed by atoms with Crippen molar-refractivity contribution in [3.8, 4) is 0 Å². The molecule has 1 aliphatic rings. The van der Waals surface area contributed by atoms with E-state index in [1.165, 1.54) is 19.3 Å². The third-order valence-electron chi connectivity index (χ3n) is 6.47. The summed E-state index contributed by atoms with van der Waals surface area (Å²) in [5, 5.41) is 8.81. The van der Waals surface area contributed by atoms with E-state index in [4.69, 9.17) is 4.74 Å². The fraction of sp³-hybridized carbons (Fsp3) is 0.533. The summed E-state index contributed by atoms with van der Waals surface area (Å²) in [5.41, 5.74) is 5.48. The second-order valence-electron chi connectivity index (χ2n) is 9.93. The van der Waals surface area contributed by atoms with Gasteiger partial charge in [0.05, 0.1) is 17.8 Å². The van der Waals surface area contributed by atoms with Gasteiger partial charge in [-0.05, 0) is 82.4 Å². The highest BCUT2D eigenvalue weighted by atomic mass is 16.6. The number of Topliss-reactive ketones (excluding diaryl/α,β-unsaturated/α-hetero) is 1. The smallest absolute Gasteiger partial charge is 0.410 e. The zero-order valence-corrected chi connectivity index (χ0v) is 23.7. The summed E-state index contributed by atoms with van der Waals surface area (Å²) in [4.78, 5) is 25.5. The van der Waals surface area contributed by atoms with Gasteiger partial charge in [0.15, 0.2) is 5.78 Å². The van der Waals surface area contributed by atoms with E-state index in [1.54, 1.807) is 17.9 Å². The Bertz CT molecular complexity index is 1090. The average molecular weight is 509 g/mol. The molecule has 202 valence electrons. The Morgan fingerprint density at radius 3 is 2.30 bits per heavy atom. The number of ketones is 1. The molecule has 0 saturated carbocycles. The lowest BCUT2D eigenvalue weighted by Gasteiger charge is -2.32. The van der Waals surface area contributed by atoms with Gasteiger partial charge in [-0.2, -0.15) is 0 Å². The molecule has 37 heavy (non-hydrogen) atoms. The molecule has 0 aliphatic carbocycles. The minimum atomic E-state index is -0.258. The molecule has 3 rings (SSSR count). The second kappa shape index (κ2) is 14.5. The van der Waals surface area contributed by atoms with Crippen molar-refractivity contribution in [2.75, 3.05) is 13.1 Å². The number of carbonyl (C=O) groups excluding carboxylic acids is 2. The number of unbranched alkanes of at least 4 members (excludes halogenated alkanes) is 2. The van der Waals surface area contributed by atoms with E-state index in [-0.39, 0.29) is 24.0 Å². The zero-order chi connectivity index (χ0) is 27.5. The van der Waals surface area contributed by atoms with E-state index in [2.05, 4.69) is 30.7 Å². The van der Waals surface area contributed by atoms with Crippen LogP contribution in [0.4, 0.5) is 4.79 Å². The number of hydrogen-bond donors (Lipinski definition) is 0. The van der Waals surface area contributed by atoms with Crippen LogP contribution in [0.2, 0.25) is 0 Å². The summed E-state index contributed by atoms with van der Waals surface area (Å²) < 4.78 is 7.22. The van der Waals surface area contributed by atoms with Crippen molar-refractivity contribution in [3.63, 3.8) is 0 Å². The summed E-state index contributed by atoms with van der Waals surface area (Å²) in [6.45, 7) is 19.0. The zero-order valence-electron chi connectivity index (χ0n) is 23.7. The molecular weight excluding hydrogens is 464 g/mol. The number of ether oxygens (including phenoxy) is 1. The number of benzene rings is 1. The van der Waals surface area contributed by atoms with Crippen LogP contribution in [0.1, 0.15) is 113 Å². The van der Waals surface area contributed by atoms with Crippen LogP contribution in [-0.4, -0.2) is 51.0 Å². The molecule has 1 aromatic heterocycles. The van der Waals surface area contributed by atoms with Gasteiger partial charge in [-0.25, -0.2) is 9.48 Å². The van der Waals surface area contributed by atoms with Crippen LogP contribution in [0.3, 0.4) is 0 Å². The Morgan fingerprint density at radius 1 is 1.16 bits per heavy atom. The summed E-state index contributed by atoms with van der Waals surface area (Å²) in [6.07, 6.45) is 9.05. The highest BCUT2D eigenvalue weighted by Gasteiger charge is 2.27. The number of piperidine rings is 1. The van der Waals surface area contributed by atoms with Crippen molar-refractivity contribution in [2.45, 2.75) is 92.7 Å². The standard InChI is InChI=1S/C25H32N4O3.C5H12/c1-7-24-23(15-18(5)22-9-8-20(19(6)30)14-17(22)4)26-27-29(24)21-10-12-28(13-11-21)25(31)32-16(2)3;1-3-5-4-2/h7-9,14-16,21H,1,10-13H2,2-6H3;3-5H2,1-2H3/b18-15+;. The summed E-state index contributed by atoms with van der Waals surface area (Å²) in [5.74, 6) is 0.0571. The topological polar surface area (TPSA) is 77.3 Å². The number of aryl methyl sites for hydroxylation is 1. The Labute approximate surface area is 222 Å². The molecule has 0 radical (unpaired) electrons. The van der Waals surface area contributed by atoms with Gasteiger partial charge in [0, 0.05) is 18.7 Å². The van der Waals surface area contributed by atoms with E-state index in [0.29, 0.717) is 18.7 Å². The molecule has 1 aromatic carbocycles. The van der Waals surface area contributed by atoms with Gasteiger partial charge in [0.1, 0.15) is 5.69 Å². The molecule has 1 amide bonds. The quantitative estimate of drug-likeness (QED) is 0.348. The van der Waals surface area contributed by atoms with Gasteiger partial charge < -0.3 is 9.64 Å². The molecule has 1 saturated heterocycles. The summed E-state index contributed by atoms with van der Waals surface area (Å²) in [7, 11) is 0. The number of nitrogens with zero attached hydrogens (tertiary/aromatic N) is 4. The van der Waals surface area contributed by atoms with Crippen molar-refractivity contribution in [1.82, 2.24) is 19.9 Å². The molecule has 0 N–H and O–H groups in total. The monoisotopic (exact) mass is 508 g/mol. The van der Waals surface area contributed by atoms with E-state index < -0.39 is 0 Å². The highest BCUT2D eigenvalue weighted by molar-refractivity contribution is 5.95. The van der Waals surface area contributed by atoms with Crippen molar-refractivity contribution in [3.05, 3.63) is 52.9 Å². The normalized spacial score (nSPS) is 14.3. The van der Waals surface area contributed by atoms with Crippen LogP contribution in [-0.2, 0) is 4.74 Å². The number of amides is 1. The van der Waals surface area contributed by atoms with E-state index in [9.17, 15) is 9.59 Å². The van der Waals surface area contributed by atoms with E-state index >= 15 is 0 Å². The Balaban J connectivity index is 0.000000877. The first kappa shape index (κ1) is 30.0. The molecule has 0 atom stereocenters. The van der Waals surface area contributed by atoms with Gasteiger partial charge >= 0.3 is 6.09 Å². The highest BCUT2D eigenvalue weighted by Crippen LogP contribution is 2.28. The summed E-state index contributed by atoms with van der Waals surface area (Å²) in [6, 6.07) is 5.89. The molecule has 2 heterocycles. The summed E-state index contributed by atoms with van der Waals surface area (Å²) >= 11 is 0. The molecule has 2 aromatic rings. The van der Waals surface area contributed by atoms with Gasteiger partial charge in [0.25, 0.3) is 0 Å². The Hall–Kier alpha value is -3.22. The van der Waals surface area contributed by atoms with Crippen molar-refractivity contribution < 1.29 is 14.3 Å². The lowest BCUT2D eigenvalue weighted by atomic mass is 9.97. The van der Waals surface area contributed by atoms with E-state index in [0.717, 1.165) is 40.9 Å². The Morgan fingerprint density at radius 2 is 1.81 bits per heavy atom. The fourth-order valence-corrected chi connectivity index (χ4v) is 4.41. The Kier molecular flexibility index (Phi) is 11.8. The van der Waals surface area contributed by atoms with Crippen molar-refractivity contribution >= 4 is 29.6 Å². The predicted molar refractivity (Wildman–Crippen MR) is 152 cm³/mol. The van der Waals surface area contributed by atoms with Crippen LogP contribution in [0.25, 0.3) is 17.7 Å². The molecule has 0 unspecified atom stereocenters. The fourth-order valence-electron chi connectivity index (χ4n) is 4.41. The molecular formula is C30H44N4O3. The maximum atomic E-state index is 12.1. The lowest BCUT2D eigenvalue weighted by Crippen LogP contribution is -2.40. The number of hydrogen-bond acceptors (Lipinski definition) is 5. The molecule has 1 fully saturated rings.